The third-order valence-electron chi connectivity index (χ3n) is 2.89. The zero-order valence-corrected chi connectivity index (χ0v) is 11.6. The lowest BCUT2D eigenvalue weighted by Crippen LogP contribution is -2.30. The number of nitrogens with zero attached hydrogens (tertiary/aromatic N) is 1. The number of fused-ring (bicyclic) bond motifs is 1. The Kier molecular flexibility index (Phi) is 4.58. The van der Waals surface area contributed by atoms with Crippen molar-refractivity contribution in [2.24, 2.45) is 5.84 Å². The molecule has 0 fully saturated rings. The molecular weight excluding hydrogens is 242 g/mol. The van der Waals surface area contributed by atoms with Gasteiger partial charge in [0.05, 0.1) is 6.04 Å². The third-order valence-corrected chi connectivity index (χ3v) is 4.08. The van der Waals surface area contributed by atoms with Crippen molar-refractivity contribution in [2.45, 2.75) is 25.1 Å². The van der Waals surface area contributed by atoms with Crippen LogP contribution in [0.1, 0.15) is 25.5 Å². The largest absolute Gasteiger partial charge is 0.271 e. The van der Waals surface area contributed by atoms with Gasteiger partial charge >= 0.3 is 0 Å². The van der Waals surface area contributed by atoms with Crippen LogP contribution >= 0.6 is 11.8 Å². The van der Waals surface area contributed by atoms with E-state index in [-0.39, 0.29) is 6.04 Å². The SMILES string of the molecule is CC(C)SCC(NN)c1cccc2cnccc12. The molecule has 0 aliphatic heterocycles. The van der Waals surface area contributed by atoms with Crippen LogP contribution < -0.4 is 11.3 Å². The Morgan fingerprint density at radius 2 is 2.17 bits per heavy atom. The van der Waals surface area contributed by atoms with E-state index in [4.69, 9.17) is 5.84 Å². The number of thioether (sulfide) groups is 1. The molecule has 18 heavy (non-hydrogen) atoms. The maximum Gasteiger partial charge on any atom is 0.0556 e. The summed E-state index contributed by atoms with van der Waals surface area (Å²) < 4.78 is 0. The number of aromatic nitrogens is 1. The summed E-state index contributed by atoms with van der Waals surface area (Å²) >= 11 is 1.91. The molecular formula is C14H19N3S. The average Bonchev–Trinajstić information content (AvgIpc) is 2.39. The highest BCUT2D eigenvalue weighted by atomic mass is 32.2. The van der Waals surface area contributed by atoms with Gasteiger partial charge in [0.15, 0.2) is 0 Å². The molecule has 0 aliphatic carbocycles. The smallest absolute Gasteiger partial charge is 0.0556 e. The van der Waals surface area contributed by atoms with E-state index >= 15 is 0 Å². The minimum atomic E-state index is 0.170. The van der Waals surface area contributed by atoms with E-state index in [9.17, 15) is 0 Å². The summed E-state index contributed by atoms with van der Waals surface area (Å²) in [6.45, 7) is 4.40. The zero-order valence-electron chi connectivity index (χ0n) is 10.8. The van der Waals surface area contributed by atoms with Crippen LogP contribution in [0.25, 0.3) is 10.8 Å². The van der Waals surface area contributed by atoms with Crippen molar-refractivity contribution in [2.75, 3.05) is 5.75 Å². The van der Waals surface area contributed by atoms with Crippen LogP contribution in [0.5, 0.6) is 0 Å². The second-order valence-electron chi connectivity index (χ2n) is 4.55. The Morgan fingerprint density at radius 3 is 2.89 bits per heavy atom. The van der Waals surface area contributed by atoms with Crippen LogP contribution in [0.15, 0.2) is 36.7 Å². The van der Waals surface area contributed by atoms with Gasteiger partial charge in [0, 0.05) is 23.5 Å². The normalized spacial score (nSPS) is 13.1. The van der Waals surface area contributed by atoms with E-state index in [1.54, 1.807) is 0 Å². The van der Waals surface area contributed by atoms with E-state index in [0.29, 0.717) is 5.25 Å². The van der Waals surface area contributed by atoms with Crippen LogP contribution in [0.4, 0.5) is 0 Å². The Labute approximate surface area is 112 Å². The lowest BCUT2D eigenvalue weighted by atomic mass is 10.0. The summed E-state index contributed by atoms with van der Waals surface area (Å²) in [6.07, 6.45) is 3.72. The number of hydrogen-bond acceptors (Lipinski definition) is 4. The number of pyridine rings is 1. The van der Waals surface area contributed by atoms with Crippen molar-refractivity contribution in [3.05, 3.63) is 42.2 Å². The molecule has 4 heteroatoms. The summed E-state index contributed by atoms with van der Waals surface area (Å²) in [7, 11) is 0. The third kappa shape index (κ3) is 3.02. The fraction of sp³-hybridized carbons (Fsp3) is 0.357. The lowest BCUT2D eigenvalue weighted by Gasteiger charge is -2.19. The molecule has 0 radical (unpaired) electrons. The first-order valence-electron chi connectivity index (χ1n) is 6.12. The molecule has 1 aromatic carbocycles. The number of rotatable bonds is 5. The van der Waals surface area contributed by atoms with Crippen molar-refractivity contribution in [3.63, 3.8) is 0 Å². The molecule has 1 aromatic heterocycles. The molecule has 2 rings (SSSR count). The van der Waals surface area contributed by atoms with Crippen molar-refractivity contribution in [1.29, 1.82) is 0 Å². The molecule has 96 valence electrons. The van der Waals surface area contributed by atoms with Gasteiger partial charge in [-0.1, -0.05) is 32.0 Å². The summed E-state index contributed by atoms with van der Waals surface area (Å²) in [4.78, 5) is 4.16. The first-order valence-corrected chi connectivity index (χ1v) is 7.17. The van der Waals surface area contributed by atoms with Crippen LogP contribution in [-0.2, 0) is 0 Å². The van der Waals surface area contributed by atoms with Gasteiger partial charge in [-0.15, -0.1) is 0 Å². The van der Waals surface area contributed by atoms with E-state index in [1.165, 1.54) is 10.9 Å². The molecule has 1 unspecified atom stereocenters. The Balaban J connectivity index is 2.32. The summed E-state index contributed by atoms with van der Waals surface area (Å²) in [5.41, 5.74) is 4.17. The highest BCUT2D eigenvalue weighted by Crippen LogP contribution is 2.26. The molecule has 1 heterocycles. The maximum absolute atomic E-state index is 5.70. The minimum Gasteiger partial charge on any atom is -0.271 e. The second-order valence-corrected chi connectivity index (χ2v) is 6.15. The maximum atomic E-state index is 5.70. The van der Waals surface area contributed by atoms with Gasteiger partial charge < -0.3 is 0 Å². The van der Waals surface area contributed by atoms with Gasteiger partial charge in [-0.3, -0.25) is 16.3 Å². The Morgan fingerprint density at radius 1 is 1.33 bits per heavy atom. The quantitative estimate of drug-likeness (QED) is 0.642. The average molecular weight is 261 g/mol. The van der Waals surface area contributed by atoms with Crippen LogP contribution in [0.3, 0.4) is 0 Å². The van der Waals surface area contributed by atoms with Gasteiger partial charge in [0.25, 0.3) is 0 Å². The zero-order chi connectivity index (χ0) is 13.0. The molecule has 2 aromatic rings. The first kappa shape index (κ1) is 13.3. The van der Waals surface area contributed by atoms with Gasteiger partial charge in [0.1, 0.15) is 0 Å². The van der Waals surface area contributed by atoms with E-state index in [1.807, 2.05) is 24.2 Å². The minimum absolute atomic E-state index is 0.170. The number of benzene rings is 1. The standard InChI is InChI=1S/C14H19N3S/c1-10(2)18-9-14(17-15)13-5-3-4-11-8-16-7-6-12(11)13/h3-8,10,14,17H,9,15H2,1-2H3. The summed E-state index contributed by atoms with van der Waals surface area (Å²) in [5.74, 6) is 6.67. The highest BCUT2D eigenvalue weighted by Gasteiger charge is 2.13. The molecule has 3 nitrogen and oxygen atoms in total. The Bertz CT molecular complexity index is 508. The van der Waals surface area contributed by atoms with E-state index in [2.05, 4.69) is 48.5 Å². The van der Waals surface area contributed by atoms with Crippen molar-refractivity contribution in [3.8, 4) is 0 Å². The highest BCUT2D eigenvalue weighted by molar-refractivity contribution is 7.99. The summed E-state index contributed by atoms with van der Waals surface area (Å²) in [6, 6.07) is 8.49. The molecule has 0 saturated carbocycles. The second kappa shape index (κ2) is 6.18. The van der Waals surface area contributed by atoms with Crippen LogP contribution in [-0.4, -0.2) is 16.0 Å². The van der Waals surface area contributed by atoms with Gasteiger partial charge in [-0.25, -0.2) is 0 Å². The predicted molar refractivity (Wildman–Crippen MR) is 79.4 cm³/mol. The predicted octanol–water partition coefficient (Wildman–Crippen LogP) is 2.88. The number of hydrazine groups is 1. The molecule has 0 amide bonds. The number of hydrogen-bond donors (Lipinski definition) is 2. The summed E-state index contributed by atoms with van der Waals surface area (Å²) in [5, 5.41) is 2.99. The van der Waals surface area contributed by atoms with E-state index in [0.717, 1.165) is 11.1 Å². The van der Waals surface area contributed by atoms with Crippen molar-refractivity contribution in [1.82, 2.24) is 10.4 Å². The lowest BCUT2D eigenvalue weighted by molar-refractivity contribution is 0.614. The first-order chi connectivity index (χ1) is 8.72. The van der Waals surface area contributed by atoms with Gasteiger partial charge in [-0.05, 0) is 22.3 Å². The van der Waals surface area contributed by atoms with E-state index < -0.39 is 0 Å². The molecule has 3 N–H and O–H groups in total. The molecule has 0 spiro atoms. The fourth-order valence-corrected chi connectivity index (χ4v) is 2.82. The molecule has 0 aliphatic rings. The van der Waals surface area contributed by atoms with Gasteiger partial charge in [-0.2, -0.15) is 11.8 Å². The van der Waals surface area contributed by atoms with Gasteiger partial charge in [0.2, 0.25) is 0 Å². The van der Waals surface area contributed by atoms with Crippen molar-refractivity contribution >= 4 is 22.5 Å². The molecule has 0 saturated heterocycles. The monoisotopic (exact) mass is 261 g/mol. The number of nitrogens with two attached hydrogens (primary N) is 1. The number of nitrogens with one attached hydrogen (secondary N) is 1. The van der Waals surface area contributed by atoms with Crippen molar-refractivity contribution < 1.29 is 0 Å². The molecule has 1 atom stereocenters. The topological polar surface area (TPSA) is 50.9 Å². The fourth-order valence-electron chi connectivity index (χ4n) is 1.97. The van der Waals surface area contributed by atoms with Crippen LogP contribution in [0.2, 0.25) is 0 Å². The molecule has 0 bridgehead atoms. The van der Waals surface area contributed by atoms with Crippen LogP contribution in [0, 0.1) is 0 Å². The Hall–Kier alpha value is -1.10.